The molecule has 0 fully saturated rings. The molecular weight excluding hydrogens is 251 g/mol. The fourth-order valence-corrected chi connectivity index (χ4v) is 3.33. The van der Waals surface area contributed by atoms with Crippen LogP contribution in [0, 0.1) is 0 Å². The summed E-state index contributed by atoms with van der Waals surface area (Å²) in [7, 11) is 0. The van der Waals surface area contributed by atoms with Gasteiger partial charge in [-0.25, -0.2) is 0 Å². The molecule has 0 radical (unpaired) electrons. The predicted molar refractivity (Wildman–Crippen MR) is 74.0 cm³/mol. The normalized spacial score (nSPS) is 15.5. The fraction of sp³-hybridized carbons (Fsp3) is 0.200. The maximum Gasteiger partial charge on any atom is 0.0502 e. The van der Waals surface area contributed by atoms with E-state index in [1.54, 1.807) is 0 Å². The first-order valence-corrected chi connectivity index (χ1v) is 6.37. The molecule has 0 heterocycles. The zero-order chi connectivity index (χ0) is 12.2. The molecular formula is C15H12Cl2. The highest BCUT2D eigenvalue weighted by molar-refractivity contribution is 6.37. The summed E-state index contributed by atoms with van der Waals surface area (Å²) in [6.07, 6.45) is 0. The Bertz CT molecular complexity index is 612. The Morgan fingerprint density at radius 2 is 1.65 bits per heavy atom. The van der Waals surface area contributed by atoms with Gasteiger partial charge in [0.2, 0.25) is 0 Å². The first-order valence-electron chi connectivity index (χ1n) is 5.61. The zero-order valence-electron chi connectivity index (χ0n) is 9.72. The van der Waals surface area contributed by atoms with Crippen LogP contribution in [0.1, 0.15) is 25.0 Å². The first-order chi connectivity index (χ1) is 8.01. The third kappa shape index (κ3) is 1.44. The number of halogens is 2. The van der Waals surface area contributed by atoms with Gasteiger partial charge in [0.05, 0.1) is 5.02 Å². The molecule has 0 amide bonds. The minimum Gasteiger partial charge on any atom is -0.0843 e. The summed E-state index contributed by atoms with van der Waals surface area (Å²) < 4.78 is 0. The second-order valence-corrected chi connectivity index (χ2v) is 5.82. The molecule has 0 aliphatic heterocycles. The van der Waals surface area contributed by atoms with Crippen molar-refractivity contribution < 1.29 is 0 Å². The Balaban J connectivity index is 2.44. The highest BCUT2D eigenvalue weighted by atomic mass is 35.5. The van der Waals surface area contributed by atoms with Crippen molar-refractivity contribution in [3.05, 3.63) is 57.6 Å². The summed E-state index contributed by atoms with van der Waals surface area (Å²) in [5, 5.41) is 1.44. The summed E-state index contributed by atoms with van der Waals surface area (Å²) in [6, 6.07) is 12.3. The average molecular weight is 263 g/mol. The molecule has 17 heavy (non-hydrogen) atoms. The molecule has 2 heteroatoms. The van der Waals surface area contributed by atoms with Gasteiger partial charge in [0.25, 0.3) is 0 Å². The predicted octanol–water partition coefficient (Wildman–Crippen LogP) is 5.30. The van der Waals surface area contributed by atoms with Gasteiger partial charge >= 0.3 is 0 Å². The fourth-order valence-electron chi connectivity index (χ4n) is 2.73. The van der Waals surface area contributed by atoms with Crippen molar-refractivity contribution in [2.24, 2.45) is 0 Å². The summed E-state index contributed by atoms with van der Waals surface area (Å²) in [4.78, 5) is 0. The van der Waals surface area contributed by atoms with E-state index in [1.165, 1.54) is 16.7 Å². The second-order valence-electron chi connectivity index (χ2n) is 4.98. The van der Waals surface area contributed by atoms with E-state index in [1.807, 2.05) is 12.1 Å². The van der Waals surface area contributed by atoms with Crippen LogP contribution in [0.3, 0.4) is 0 Å². The molecule has 0 N–H and O–H groups in total. The SMILES string of the molecule is CC1(C)c2ccccc2-c2c(Cl)cc(Cl)cc21. The van der Waals surface area contributed by atoms with Crippen LogP contribution >= 0.6 is 23.2 Å². The van der Waals surface area contributed by atoms with Crippen LogP contribution in [-0.2, 0) is 5.41 Å². The van der Waals surface area contributed by atoms with E-state index in [4.69, 9.17) is 23.2 Å². The lowest BCUT2D eigenvalue weighted by Gasteiger charge is -2.21. The minimum atomic E-state index is -0.0273. The second kappa shape index (κ2) is 3.51. The molecule has 1 aliphatic rings. The Kier molecular flexibility index (Phi) is 2.30. The van der Waals surface area contributed by atoms with Crippen molar-refractivity contribution in [1.82, 2.24) is 0 Å². The molecule has 3 rings (SSSR count). The lowest BCUT2D eigenvalue weighted by atomic mass is 9.82. The molecule has 2 aromatic rings. The van der Waals surface area contributed by atoms with Gasteiger partial charge < -0.3 is 0 Å². The molecule has 0 saturated carbocycles. The molecule has 0 bridgehead atoms. The molecule has 0 saturated heterocycles. The Hall–Kier alpha value is -0.980. The van der Waals surface area contributed by atoms with E-state index in [2.05, 4.69) is 38.1 Å². The molecule has 0 unspecified atom stereocenters. The van der Waals surface area contributed by atoms with Crippen LogP contribution in [0.2, 0.25) is 10.0 Å². The third-order valence-electron chi connectivity index (χ3n) is 3.60. The maximum atomic E-state index is 6.35. The van der Waals surface area contributed by atoms with E-state index < -0.39 is 0 Å². The Labute approximate surface area is 111 Å². The standard InChI is InChI=1S/C15H12Cl2/c1-15(2)11-6-4-3-5-10(11)14-12(15)7-9(16)8-13(14)17/h3-8H,1-2H3. The van der Waals surface area contributed by atoms with Crippen LogP contribution in [0.25, 0.3) is 11.1 Å². The monoisotopic (exact) mass is 262 g/mol. The third-order valence-corrected chi connectivity index (χ3v) is 4.11. The average Bonchev–Trinajstić information content (AvgIpc) is 2.49. The van der Waals surface area contributed by atoms with Crippen LogP contribution in [0.5, 0.6) is 0 Å². The van der Waals surface area contributed by atoms with E-state index >= 15 is 0 Å². The van der Waals surface area contributed by atoms with Crippen molar-refractivity contribution in [3.63, 3.8) is 0 Å². The molecule has 1 aliphatic carbocycles. The molecule has 0 aromatic heterocycles. The van der Waals surface area contributed by atoms with Crippen molar-refractivity contribution in [2.75, 3.05) is 0 Å². The van der Waals surface area contributed by atoms with Crippen LogP contribution in [0.15, 0.2) is 36.4 Å². The summed E-state index contributed by atoms with van der Waals surface area (Å²) >= 11 is 12.5. The van der Waals surface area contributed by atoms with Crippen LogP contribution in [-0.4, -0.2) is 0 Å². The number of fused-ring (bicyclic) bond motifs is 3. The Morgan fingerprint density at radius 1 is 0.941 bits per heavy atom. The largest absolute Gasteiger partial charge is 0.0843 e. The van der Waals surface area contributed by atoms with E-state index in [0.29, 0.717) is 5.02 Å². The summed E-state index contributed by atoms with van der Waals surface area (Å²) in [5.74, 6) is 0. The van der Waals surface area contributed by atoms with E-state index in [9.17, 15) is 0 Å². The zero-order valence-corrected chi connectivity index (χ0v) is 11.2. The highest BCUT2D eigenvalue weighted by Gasteiger charge is 2.36. The van der Waals surface area contributed by atoms with E-state index in [-0.39, 0.29) is 5.41 Å². The van der Waals surface area contributed by atoms with Crippen molar-refractivity contribution in [2.45, 2.75) is 19.3 Å². The smallest absolute Gasteiger partial charge is 0.0502 e. The quantitative estimate of drug-likeness (QED) is 0.605. The number of benzene rings is 2. The number of rotatable bonds is 0. The van der Waals surface area contributed by atoms with Crippen LogP contribution < -0.4 is 0 Å². The first kappa shape index (κ1) is 11.1. The molecule has 0 nitrogen and oxygen atoms in total. The summed E-state index contributed by atoms with van der Waals surface area (Å²) in [5.41, 5.74) is 4.88. The van der Waals surface area contributed by atoms with Gasteiger partial charge in [0.15, 0.2) is 0 Å². The molecule has 2 aromatic carbocycles. The molecule has 0 atom stereocenters. The topological polar surface area (TPSA) is 0 Å². The van der Waals surface area contributed by atoms with Gasteiger partial charge in [-0.15, -0.1) is 0 Å². The van der Waals surface area contributed by atoms with Gasteiger partial charge in [-0.05, 0) is 28.8 Å². The number of hydrogen-bond donors (Lipinski definition) is 0. The van der Waals surface area contributed by atoms with Gasteiger partial charge in [-0.2, -0.15) is 0 Å². The molecule has 86 valence electrons. The maximum absolute atomic E-state index is 6.35. The van der Waals surface area contributed by atoms with Crippen molar-refractivity contribution >= 4 is 23.2 Å². The minimum absolute atomic E-state index is 0.0273. The Morgan fingerprint density at radius 3 is 2.41 bits per heavy atom. The van der Waals surface area contributed by atoms with E-state index in [0.717, 1.165) is 10.6 Å². The number of hydrogen-bond acceptors (Lipinski definition) is 0. The van der Waals surface area contributed by atoms with Gasteiger partial charge in [0, 0.05) is 16.0 Å². The van der Waals surface area contributed by atoms with Crippen molar-refractivity contribution in [1.29, 1.82) is 0 Å². The van der Waals surface area contributed by atoms with Gasteiger partial charge in [-0.3, -0.25) is 0 Å². The lowest BCUT2D eigenvalue weighted by Crippen LogP contribution is -2.14. The van der Waals surface area contributed by atoms with Crippen LogP contribution in [0.4, 0.5) is 0 Å². The lowest BCUT2D eigenvalue weighted by molar-refractivity contribution is 0.660. The van der Waals surface area contributed by atoms with Crippen molar-refractivity contribution in [3.8, 4) is 11.1 Å². The molecule has 0 spiro atoms. The highest BCUT2D eigenvalue weighted by Crippen LogP contribution is 2.51. The van der Waals surface area contributed by atoms with Gasteiger partial charge in [-0.1, -0.05) is 61.3 Å². The van der Waals surface area contributed by atoms with Gasteiger partial charge in [0.1, 0.15) is 0 Å². The summed E-state index contributed by atoms with van der Waals surface area (Å²) in [6.45, 7) is 4.43.